The summed E-state index contributed by atoms with van der Waals surface area (Å²) in [4.78, 5) is 11.8. The normalized spacial score (nSPS) is 10.3. The van der Waals surface area contributed by atoms with Crippen LogP contribution in [0.3, 0.4) is 0 Å². The summed E-state index contributed by atoms with van der Waals surface area (Å²) in [7, 11) is 0. The van der Waals surface area contributed by atoms with E-state index in [1.165, 1.54) is 0 Å². The summed E-state index contributed by atoms with van der Waals surface area (Å²) in [5.41, 5.74) is 7.97. The number of nitrogen functional groups attached to an aromatic ring is 1. The van der Waals surface area contributed by atoms with Gasteiger partial charge in [0.1, 0.15) is 0 Å². The molecule has 0 radical (unpaired) electrons. The van der Waals surface area contributed by atoms with Gasteiger partial charge in [-0.05, 0) is 37.6 Å². The molecule has 0 atom stereocenters. The van der Waals surface area contributed by atoms with E-state index in [9.17, 15) is 4.79 Å². The van der Waals surface area contributed by atoms with E-state index in [0.29, 0.717) is 17.8 Å². The van der Waals surface area contributed by atoms with Crippen LogP contribution in [-0.2, 0) is 6.54 Å². The molecule has 0 spiro atoms. The Kier molecular flexibility index (Phi) is 5.20. The zero-order valence-electron chi connectivity index (χ0n) is 12.2. The van der Waals surface area contributed by atoms with Gasteiger partial charge in [0.25, 0.3) is 5.91 Å². The van der Waals surface area contributed by atoms with Gasteiger partial charge in [-0.1, -0.05) is 0 Å². The van der Waals surface area contributed by atoms with Crippen LogP contribution in [-0.4, -0.2) is 28.8 Å². The van der Waals surface area contributed by atoms with Crippen molar-refractivity contribution < 1.29 is 4.79 Å². The smallest absolute Gasteiger partial charge is 0.251 e. The maximum atomic E-state index is 11.8. The average molecular weight is 287 g/mol. The maximum absolute atomic E-state index is 11.8. The van der Waals surface area contributed by atoms with E-state index in [1.807, 2.05) is 23.9 Å². The van der Waals surface area contributed by atoms with Crippen LogP contribution in [0.15, 0.2) is 36.7 Å². The van der Waals surface area contributed by atoms with E-state index in [4.69, 9.17) is 5.73 Å². The number of hydrogen-bond donors (Lipinski definition) is 3. The molecule has 0 unspecified atom stereocenters. The first kappa shape index (κ1) is 14.9. The Labute approximate surface area is 124 Å². The number of amides is 1. The van der Waals surface area contributed by atoms with Gasteiger partial charge in [0.2, 0.25) is 0 Å². The Morgan fingerprint density at radius 2 is 2.29 bits per heavy atom. The molecule has 2 aromatic rings. The van der Waals surface area contributed by atoms with Crippen molar-refractivity contribution in [3.63, 3.8) is 0 Å². The van der Waals surface area contributed by atoms with Gasteiger partial charge >= 0.3 is 0 Å². The molecular weight excluding hydrogens is 266 g/mol. The maximum Gasteiger partial charge on any atom is 0.251 e. The zero-order valence-corrected chi connectivity index (χ0v) is 12.2. The lowest BCUT2D eigenvalue weighted by atomic mass is 10.1. The number of nitrogens with two attached hydrogens (primary N) is 1. The number of carbonyl (C=O) groups excluding carboxylic acids is 1. The average Bonchev–Trinajstić information content (AvgIpc) is 2.98. The van der Waals surface area contributed by atoms with Crippen molar-refractivity contribution in [2.24, 2.45) is 0 Å². The molecule has 21 heavy (non-hydrogen) atoms. The molecule has 4 N–H and O–H groups in total. The second-order valence-electron chi connectivity index (χ2n) is 4.71. The van der Waals surface area contributed by atoms with E-state index in [1.54, 1.807) is 24.4 Å². The molecule has 1 heterocycles. The summed E-state index contributed by atoms with van der Waals surface area (Å²) in [6.45, 7) is 4.11. The van der Waals surface area contributed by atoms with Crippen molar-refractivity contribution in [2.45, 2.75) is 19.9 Å². The lowest BCUT2D eigenvalue weighted by Gasteiger charge is -2.11. The lowest BCUT2D eigenvalue weighted by Crippen LogP contribution is -2.22. The molecule has 0 aliphatic rings. The Bertz CT molecular complexity index is 580. The van der Waals surface area contributed by atoms with Crippen LogP contribution < -0.4 is 16.4 Å². The van der Waals surface area contributed by atoms with E-state index in [2.05, 4.69) is 15.7 Å². The third-order valence-corrected chi connectivity index (χ3v) is 3.09. The Hall–Kier alpha value is -2.50. The number of anilines is 2. The molecule has 0 aliphatic carbocycles. The Morgan fingerprint density at radius 3 is 3.00 bits per heavy atom. The standard InChI is InChI=1S/C15H21N5O/c1-2-17-15(21)12-5-6-13(16)14(11-12)18-7-3-9-20-10-4-8-19-20/h4-6,8,10-11,18H,2-3,7,9,16H2,1H3,(H,17,21). The van der Waals surface area contributed by atoms with Crippen LogP contribution in [0.1, 0.15) is 23.7 Å². The third-order valence-electron chi connectivity index (χ3n) is 3.09. The molecule has 1 aromatic carbocycles. The summed E-state index contributed by atoms with van der Waals surface area (Å²) < 4.78 is 1.89. The molecule has 1 aromatic heterocycles. The first-order valence-corrected chi connectivity index (χ1v) is 7.09. The molecule has 0 aliphatic heterocycles. The van der Waals surface area contributed by atoms with Gasteiger partial charge in [-0.15, -0.1) is 0 Å². The fourth-order valence-electron chi connectivity index (χ4n) is 2.01. The van der Waals surface area contributed by atoms with Gasteiger partial charge in [-0.25, -0.2) is 0 Å². The highest BCUT2D eigenvalue weighted by Crippen LogP contribution is 2.20. The lowest BCUT2D eigenvalue weighted by molar-refractivity contribution is 0.0956. The Morgan fingerprint density at radius 1 is 1.43 bits per heavy atom. The van der Waals surface area contributed by atoms with Gasteiger partial charge in [0.15, 0.2) is 0 Å². The predicted molar refractivity (Wildman–Crippen MR) is 84.2 cm³/mol. The molecule has 6 heteroatoms. The molecule has 0 saturated heterocycles. The fraction of sp³-hybridized carbons (Fsp3) is 0.333. The summed E-state index contributed by atoms with van der Waals surface area (Å²) in [5.74, 6) is -0.0860. The van der Waals surface area contributed by atoms with Crippen molar-refractivity contribution in [1.29, 1.82) is 0 Å². The molecule has 112 valence electrons. The monoisotopic (exact) mass is 287 g/mol. The minimum absolute atomic E-state index is 0.0860. The quantitative estimate of drug-likeness (QED) is 0.534. The van der Waals surface area contributed by atoms with Gasteiger partial charge < -0.3 is 16.4 Å². The molecule has 0 bridgehead atoms. The molecular formula is C15H21N5O. The van der Waals surface area contributed by atoms with Crippen molar-refractivity contribution in [3.05, 3.63) is 42.2 Å². The molecule has 1 amide bonds. The molecule has 0 saturated carbocycles. The summed E-state index contributed by atoms with van der Waals surface area (Å²) in [5, 5.41) is 10.2. The van der Waals surface area contributed by atoms with E-state index >= 15 is 0 Å². The summed E-state index contributed by atoms with van der Waals surface area (Å²) >= 11 is 0. The number of rotatable bonds is 7. The first-order valence-electron chi connectivity index (χ1n) is 7.09. The Balaban J connectivity index is 1.89. The summed E-state index contributed by atoms with van der Waals surface area (Å²) in [6, 6.07) is 7.17. The number of aryl methyl sites for hydroxylation is 1. The summed E-state index contributed by atoms with van der Waals surface area (Å²) in [6.07, 6.45) is 4.62. The number of carbonyl (C=O) groups is 1. The van der Waals surface area contributed by atoms with Crippen LogP contribution in [0.4, 0.5) is 11.4 Å². The van der Waals surface area contributed by atoms with Crippen LogP contribution in [0.25, 0.3) is 0 Å². The largest absolute Gasteiger partial charge is 0.397 e. The van der Waals surface area contributed by atoms with Crippen molar-refractivity contribution in [2.75, 3.05) is 24.1 Å². The second kappa shape index (κ2) is 7.33. The number of hydrogen-bond acceptors (Lipinski definition) is 4. The van der Waals surface area contributed by atoms with Gasteiger partial charge in [0, 0.05) is 37.6 Å². The fourth-order valence-corrected chi connectivity index (χ4v) is 2.01. The van der Waals surface area contributed by atoms with Crippen molar-refractivity contribution in [3.8, 4) is 0 Å². The van der Waals surface area contributed by atoms with E-state index in [0.717, 1.165) is 25.2 Å². The number of nitrogens with zero attached hydrogens (tertiary/aromatic N) is 2. The van der Waals surface area contributed by atoms with E-state index < -0.39 is 0 Å². The predicted octanol–water partition coefficient (Wildman–Crippen LogP) is 1.72. The molecule has 0 fully saturated rings. The van der Waals surface area contributed by atoms with Crippen LogP contribution in [0.2, 0.25) is 0 Å². The first-order chi connectivity index (χ1) is 10.2. The topological polar surface area (TPSA) is 85.0 Å². The highest BCUT2D eigenvalue weighted by atomic mass is 16.1. The number of aromatic nitrogens is 2. The van der Waals surface area contributed by atoms with Crippen LogP contribution in [0.5, 0.6) is 0 Å². The zero-order chi connectivity index (χ0) is 15.1. The SMILES string of the molecule is CCNC(=O)c1ccc(N)c(NCCCn2cccn2)c1. The minimum atomic E-state index is -0.0860. The molecule has 6 nitrogen and oxygen atoms in total. The van der Waals surface area contributed by atoms with Gasteiger partial charge in [-0.3, -0.25) is 9.48 Å². The van der Waals surface area contributed by atoms with Gasteiger partial charge in [0.05, 0.1) is 11.4 Å². The number of nitrogens with one attached hydrogen (secondary N) is 2. The second-order valence-corrected chi connectivity index (χ2v) is 4.71. The highest BCUT2D eigenvalue weighted by molar-refractivity contribution is 5.96. The van der Waals surface area contributed by atoms with Crippen molar-refractivity contribution in [1.82, 2.24) is 15.1 Å². The highest BCUT2D eigenvalue weighted by Gasteiger charge is 2.07. The number of benzene rings is 1. The van der Waals surface area contributed by atoms with Crippen molar-refractivity contribution >= 4 is 17.3 Å². The van der Waals surface area contributed by atoms with Gasteiger partial charge in [-0.2, -0.15) is 5.10 Å². The third kappa shape index (κ3) is 4.24. The minimum Gasteiger partial charge on any atom is -0.397 e. The molecule has 2 rings (SSSR count). The van der Waals surface area contributed by atoms with Crippen LogP contribution in [0, 0.1) is 0 Å². The van der Waals surface area contributed by atoms with Crippen LogP contribution >= 0.6 is 0 Å². The van der Waals surface area contributed by atoms with E-state index in [-0.39, 0.29) is 5.91 Å².